The second-order valence-corrected chi connectivity index (χ2v) is 8.74. The van der Waals surface area contributed by atoms with E-state index < -0.39 is 9.84 Å². The molecule has 0 saturated heterocycles. The van der Waals surface area contributed by atoms with Crippen LogP contribution in [0.15, 0.2) is 35.3 Å². The zero-order chi connectivity index (χ0) is 18.9. The van der Waals surface area contributed by atoms with Crippen LogP contribution < -0.4 is 15.5 Å². The smallest absolute Gasteiger partial charge is 0.191 e. The second kappa shape index (κ2) is 10.3. The van der Waals surface area contributed by atoms with Gasteiger partial charge in [0.05, 0.1) is 12.3 Å². The molecule has 2 N–H and O–H groups in total. The van der Waals surface area contributed by atoms with Gasteiger partial charge in [0.15, 0.2) is 5.96 Å². The highest BCUT2D eigenvalue weighted by Gasteiger charge is 2.12. The van der Waals surface area contributed by atoms with E-state index >= 15 is 0 Å². The third kappa shape index (κ3) is 8.77. The maximum atomic E-state index is 11.3. The number of nitrogens with zero attached hydrogens (tertiary/aromatic N) is 2. The molecular weight excluding hydrogens is 336 g/mol. The molecule has 7 heteroatoms. The Morgan fingerprint density at radius 2 is 1.88 bits per heavy atom. The summed E-state index contributed by atoms with van der Waals surface area (Å²) in [4.78, 5) is 6.84. The van der Waals surface area contributed by atoms with Crippen LogP contribution in [0.2, 0.25) is 0 Å². The molecule has 0 radical (unpaired) electrons. The van der Waals surface area contributed by atoms with E-state index in [1.807, 2.05) is 32.0 Å². The third-order valence-corrected chi connectivity index (χ3v) is 4.96. The number of hydrogen-bond acceptors (Lipinski definition) is 4. The second-order valence-electron chi connectivity index (χ2n) is 6.48. The lowest BCUT2D eigenvalue weighted by molar-refractivity contribution is 0.580. The standard InChI is InChI=1S/C18H32N4O2S/c1-6-19-18(21-15(2)12-13-25(5,23)24)20-14-16(3)22(4)17-10-8-7-9-11-17/h7-11,15-16H,6,12-14H2,1-5H3,(H2,19,20,21). The highest BCUT2D eigenvalue weighted by atomic mass is 32.2. The largest absolute Gasteiger partial charge is 0.370 e. The Labute approximate surface area is 152 Å². The molecule has 0 aromatic heterocycles. The average Bonchev–Trinajstić information content (AvgIpc) is 2.57. The highest BCUT2D eigenvalue weighted by Crippen LogP contribution is 2.14. The number of sulfone groups is 1. The molecule has 142 valence electrons. The van der Waals surface area contributed by atoms with Crippen molar-refractivity contribution in [2.24, 2.45) is 4.99 Å². The Balaban J connectivity index is 2.62. The van der Waals surface area contributed by atoms with E-state index in [4.69, 9.17) is 0 Å². The van der Waals surface area contributed by atoms with Gasteiger partial charge in [0.2, 0.25) is 0 Å². The number of aliphatic imine (C=N–C) groups is 1. The molecule has 6 nitrogen and oxygen atoms in total. The van der Waals surface area contributed by atoms with Gasteiger partial charge in [-0.2, -0.15) is 0 Å². The molecule has 2 unspecified atom stereocenters. The molecule has 25 heavy (non-hydrogen) atoms. The van der Waals surface area contributed by atoms with Crippen molar-refractivity contribution in [3.05, 3.63) is 30.3 Å². The first-order valence-corrected chi connectivity index (χ1v) is 10.8. The Morgan fingerprint density at radius 1 is 1.24 bits per heavy atom. The normalized spacial score (nSPS) is 14.7. The zero-order valence-electron chi connectivity index (χ0n) is 16.0. The van der Waals surface area contributed by atoms with Crippen LogP contribution in [0.25, 0.3) is 0 Å². The summed E-state index contributed by atoms with van der Waals surface area (Å²) in [6.45, 7) is 7.51. The van der Waals surface area contributed by atoms with Crippen LogP contribution in [0.3, 0.4) is 0 Å². The Morgan fingerprint density at radius 3 is 2.44 bits per heavy atom. The topological polar surface area (TPSA) is 73.8 Å². The summed E-state index contributed by atoms with van der Waals surface area (Å²) in [5, 5.41) is 6.50. The number of nitrogens with one attached hydrogen (secondary N) is 2. The predicted molar refractivity (Wildman–Crippen MR) is 107 cm³/mol. The third-order valence-electron chi connectivity index (χ3n) is 3.99. The molecule has 0 saturated carbocycles. The van der Waals surface area contributed by atoms with Crippen molar-refractivity contribution in [3.8, 4) is 0 Å². The molecule has 0 aliphatic heterocycles. The van der Waals surface area contributed by atoms with E-state index in [1.54, 1.807) is 0 Å². The maximum absolute atomic E-state index is 11.3. The molecule has 0 heterocycles. The van der Waals surface area contributed by atoms with Crippen LogP contribution >= 0.6 is 0 Å². The SMILES string of the molecule is CCNC(=NCC(C)N(C)c1ccccc1)NC(C)CCS(C)(=O)=O. The monoisotopic (exact) mass is 368 g/mol. The molecule has 0 aliphatic carbocycles. The van der Waals surface area contributed by atoms with Gasteiger partial charge in [0.25, 0.3) is 0 Å². The van der Waals surface area contributed by atoms with Crippen molar-refractivity contribution in [2.45, 2.75) is 39.3 Å². The molecular formula is C18H32N4O2S. The van der Waals surface area contributed by atoms with Gasteiger partial charge in [0.1, 0.15) is 9.84 Å². The summed E-state index contributed by atoms with van der Waals surface area (Å²) < 4.78 is 22.6. The highest BCUT2D eigenvalue weighted by molar-refractivity contribution is 7.90. The van der Waals surface area contributed by atoms with E-state index in [9.17, 15) is 8.42 Å². The zero-order valence-corrected chi connectivity index (χ0v) is 16.8. The maximum Gasteiger partial charge on any atom is 0.191 e. The molecule has 0 spiro atoms. The van der Waals surface area contributed by atoms with Crippen LogP contribution in [0.5, 0.6) is 0 Å². The summed E-state index contributed by atoms with van der Waals surface area (Å²) in [7, 11) is -0.882. The quantitative estimate of drug-likeness (QED) is 0.514. The fraction of sp³-hybridized carbons (Fsp3) is 0.611. The van der Waals surface area contributed by atoms with Crippen molar-refractivity contribution in [1.82, 2.24) is 10.6 Å². The Hall–Kier alpha value is -1.76. The van der Waals surface area contributed by atoms with Crippen LogP contribution in [0.4, 0.5) is 5.69 Å². The molecule has 0 bridgehead atoms. The van der Waals surface area contributed by atoms with Gasteiger partial charge >= 0.3 is 0 Å². The minimum absolute atomic E-state index is 0.0367. The molecule has 1 rings (SSSR count). The van der Waals surface area contributed by atoms with Gasteiger partial charge in [-0.15, -0.1) is 0 Å². The molecule has 0 amide bonds. The number of anilines is 1. The lowest BCUT2D eigenvalue weighted by atomic mass is 10.2. The van der Waals surface area contributed by atoms with E-state index in [0.29, 0.717) is 13.0 Å². The summed E-state index contributed by atoms with van der Waals surface area (Å²) in [5.41, 5.74) is 1.16. The lowest BCUT2D eigenvalue weighted by Crippen LogP contribution is -2.43. The van der Waals surface area contributed by atoms with Crippen molar-refractivity contribution in [3.63, 3.8) is 0 Å². The van der Waals surface area contributed by atoms with Crippen LogP contribution in [0.1, 0.15) is 27.2 Å². The number of guanidine groups is 1. The van der Waals surface area contributed by atoms with Gasteiger partial charge in [0, 0.05) is 37.6 Å². The van der Waals surface area contributed by atoms with Crippen LogP contribution in [0, 0.1) is 0 Å². The first-order chi connectivity index (χ1) is 11.7. The van der Waals surface area contributed by atoms with Crippen LogP contribution in [-0.4, -0.2) is 58.6 Å². The van der Waals surface area contributed by atoms with E-state index in [-0.39, 0.29) is 17.8 Å². The Kier molecular flexibility index (Phi) is 8.75. The molecule has 2 atom stereocenters. The summed E-state index contributed by atoms with van der Waals surface area (Å²) in [6, 6.07) is 10.5. The fourth-order valence-corrected chi connectivity index (χ4v) is 3.06. The fourth-order valence-electron chi connectivity index (χ4n) is 2.28. The predicted octanol–water partition coefficient (Wildman–Crippen LogP) is 1.89. The van der Waals surface area contributed by atoms with Crippen molar-refractivity contribution >= 4 is 21.5 Å². The summed E-state index contributed by atoms with van der Waals surface area (Å²) >= 11 is 0. The first kappa shape index (κ1) is 21.3. The van der Waals surface area contributed by atoms with Crippen molar-refractivity contribution in [1.29, 1.82) is 0 Å². The summed E-state index contributed by atoms with van der Waals surface area (Å²) in [5.74, 6) is 0.894. The minimum Gasteiger partial charge on any atom is -0.370 e. The minimum atomic E-state index is -2.94. The van der Waals surface area contributed by atoms with Gasteiger partial charge in [-0.3, -0.25) is 4.99 Å². The molecule has 0 fully saturated rings. The average molecular weight is 369 g/mol. The molecule has 1 aromatic carbocycles. The number of benzene rings is 1. The van der Waals surface area contributed by atoms with Crippen molar-refractivity contribution in [2.75, 3.05) is 37.0 Å². The number of para-hydroxylation sites is 1. The number of likely N-dealkylation sites (N-methyl/N-ethyl adjacent to an activating group) is 1. The van der Waals surface area contributed by atoms with E-state index in [0.717, 1.165) is 18.2 Å². The summed E-state index contributed by atoms with van der Waals surface area (Å²) in [6.07, 6.45) is 1.82. The van der Waals surface area contributed by atoms with Crippen molar-refractivity contribution < 1.29 is 8.42 Å². The molecule has 0 aliphatic rings. The lowest BCUT2D eigenvalue weighted by Gasteiger charge is -2.26. The number of rotatable bonds is 9. The van der Waals surface area contributed by atoms with E-state index in [1.165, 1.54) is 6.26 Å². The van der Waals surface area contributed by atoms with Gasteiger partial charge < -0.3 is 15.5 Å². The van der Waals surface area contributed by atoms with Gasteiger partial charge in [-0.25, -0.2) is 8.42 Å². The van der Waals surface area contributed by atoms with E-state index in [2.05, 4.69) is 46.6 Å². The van der Waals surface area contributed by atoms with Crippen LogP contribution in [-0.2, 0) is 9.84 Å². The first-order valence-electron chi connectivity index (χ1n) is 8.73. The van der Waals surface area contributed by atoms with Gasteiger partial charge in [-0.1, -0.05) is 18.2 Å². The number of hydrogen-bond donors (Lipinski definition) is 2. The van der Waals surface area contributed by atoms with Gasteiger partial charge in [-0.05, 0) is 39.3 Å². The molecule has 1 aromatic rings. The Bertz CT molecular complexity index is 632.